The lowest BCUT2D eigenvalue weighted by Gasteiger charge is -2.28. The van der Waals surface area contributed by atoms with Gasteiger partial charge in [-0.2, -0.15) is 0 Å². The van der Waals surface area contributed by atoms with Gasteiger partial charge < -0.3 is 0 Å². The molecule has 0 amide bonds. The van der Waals surface area contributed by atoms with Crippen LogP contribution in [0.15, 0.2) is 24.3 Å². The molecule has 0 spiro atoms. The van der Waals surface area contributed by atoms with Gasteiger partial charge in [0, 0.05) is 0 Å². The molecule has 2 rings (SSSR count). The van der Waals surface area contributed by atoms with Crippen molar-refractivity contribution in [1.29, 1.82) is 0 Å². The van der Waals surface area contributed by atoms with Crippen molar-refractivity contribution in [3.8, 4) is 0 Å². The zero-order valence-electron chi connectivity index (χ0n) is 11.7. The van der Waals surface area contributed by atoms with Crippen molar-refractivity contribution in [2.24, 2.45) is 5.41 Å². The van der Waals surface area contributed by atoms with E-state index in [-0.39, 0.29) is 0 Å². The molecule has 2 atom stereocenters. The van der Waals surface area contributed by atoms with Crippen LogP contribution in [0.3, 0.4) is 0 Å². The SMILES string of the molecule is CC.CC1CC(C(C)(C)C)c2ccccc21. The highest BCUT2D eigenvalue weighted by Crippen LogP contribution is 2.49. The zero-order valence-corrected chi connectivity index (χ0v) is 11.7. The highest BCUT2D eigenvalue weighted by Gasteiger charge is 2.35. The number of fused-ring (bicyclic) bond motifs is 1. The Labute approximate surface area is 101 Å². The fourth-order valence-electron chi connectivity index (χ4n) is 2.70. The van der Waals surface area contributed by atoms with E-state index >= 15 is 0 Å². The predicted molar refractivity (Wildman–Crippen MR) is 73.0 cm³/mol. The van der Waals surface area contributed by atoms with Crippen LogP contribution in [0.2, 0.25) is 0 Å². The van der Waals surface area contributed by atoms with Gasteiger partial charge in [-0.1, -0.05) is 65.8 Å². The van der Waals surface area contributed by atoms with Crippen molar-refractivity contribution in [2.45, 2.75) is 59.8 Å². The molecule has 2 unspecified atom stereocenters. The Bertz CT molecular complexity index is 330. The normalized spacial score (nSPS) is 23.4. The standard InChI is InChI=1S/C14H20.C2H6/c1-10-9-13(14(2,3)4)12-8-6-5-7-11(10)12;1-2/h5-8,10,13H,9H2,1-4H3;1-2H3. The second-order valence-corrected chi connectivity index (χ2v) is 5.68. The molecule has 0 saturated carbocycles. The van der Waals surface area contributed by atoms with E-state index < -0.39 is 0 Å². The highest BCUT2D eigenvalue weighted by molar-refractivity contribution is 5.39. The van der Waals surface area contributed by atoms with Gasteiger partial charge in [0.05, 0.1) is 0 Å². The quantitative estimate of drug-likeness (QED) is 0.550. The second kappa shape index (κ2) is 5.03. The summed E-state index contributed by atoms with van der Waals surface area (Å²) in [5, 5.41) is 0. The summed E-state index contributed by atoms with van der Waals surface area (Å²) in [7, 11) is 0. The maximum atomic E-state index is 2.35. The summed E-state index contributed by atoms with van der Waals surface area (Å²) in [6.07, 6.45) is 1.32. The van der Waals surface area contributed by atoms with E-state index in [1.807, 2.05) is 13.8 Å². The maximum absolute atomic E-state index is 2.35. The van der Waals surface area contributed by atoms with Crippen molar-refractivity contribution in [3.63, 3.8) is 0 Å². The molecule has 0 heteroatoms. The van der Waals surface area contributed by atoms with Crippen LogP contribution < -0.4 is 0 Å². The minimum Gasteiger partial charge on any atom is -0.0683 e. The Morgan fingerprint density at radius 1 is 1.00 bits per heavy atom. The lowest BCUT2D eigenvalue weighted by molar-refractivity contribution is 0.311. The summed E-state index contributed by atoms with van der Waals surface area (Å²) in [5.74, 6) is 1.49. The van der Waals surface area contributed by atoms with Crippen molar-refractivity contribution in [1.82, 2.24) is 0 Å². The molecule has 0 nitrogen and oxygen atoms in total. The molecule has 0 fully saturated rings. The van der Waals surface area contributed by atoms with Crippen LogP contribution >= 0.6 is 0 Å². The monoisotopic (exact) mass is 218 g/mol. The van der Waals surface area contributed by atoms with Crippen LogP contribution in [0.4, 0.5) is 0 Å². The topological polar surface area (TPSA) is 0 Å². The summed E-state index contributed by atoms with van der Waals surface area (Å²) in [6, 6.07) is 8.95. The third kappa shape index (κ3) is 2.48. The van der Waals surface area contributed by atoms with E-state index in [1.165, 1.54) is 6.42 Å². The first-order valence-electron chi connectivity index (χ1n) is 6.59. The molecule has 1 aliphatic rings. The summed E-state index contributed by atoms with van der Waals surface area (Å²) in [6.45, 7) is 13.4. The first-order valence-corrected chi connectivity index (χ1v) is 6.59. The van der Waals surface area contributed by atoms with Gasteiger partial charge in [0.15, 0.2) is 0 Å². The largest absolute Gasteiger partial charge is 0.0683 e. The van der Waals surface area contributed by atoms with Gasteiger partial charge in [-0.25, -0.2) is 0 Å². The van der Waals surface area contributed by atoms with Crippen LogP contribution in [0.5, 0.6) is 0 Å². The third-order valence-electron chi connectivity index (χ3n) is 3.54. The smallest absolute Gasteiger partial charge is 0.0105 e. The van der Waals surface area contributed by atoms with Crippen molar-refractivity contribution >= 4 is 0 Å². The first kappa shape index (κ1) is 13.3. The first-order chi connectivity index (χ1) is 7.50. The van der Waals surface area contributed by atoms with Gasteiger partial charge in [0.25, 0.3) is 0 Å². The van der Waals surface area contributed by atoms with Gasteiger partial charge >= 0.3 is 0 Å². The third-order valence-corrected chi connectivity index (χ3v) is 3.54. The Balaban J connectivity index is 0.000000606. The average molecular weight is 218 g/mol. The fraction of sp³-hybridized carbons (Fsp3) is 0.625. The Morgan fingerprint density at radius 3 is 2.00 bits per heavy atom. The van der Waals surface area contributed by atoms with Crippen LogP contribution in [-0.4, -0.2) is 0 Å². The van der Waals surface area contributed by atoms with Crippen LogP contribution in [0.1, 0.15) is 70.9 Å². The number of rotatable bonds is 0. The zero-order chi connectivity index (χ0) is 12.3. The summed E-state index contributed by atoms with van der Waals surface area (Å²) in [4.78, 5) is 0. The molecule has 1 aromatic rings. The predicted octanol–water partition coefficient (Wildman–Crippen LogP) is 5.35. The summed E-state index contributed by atoms with van der Waals surface area (Å²) >= 11 is 0. The molecule has 1 aliphatic carbocycles. The molecule has 90 valence electrons. The van der Waals surface area contributed by atoms with E-state index in [4.69, 9.17) is 0 Å². The minimum absolute atomic E-state index is 0.404. The van der Waals surface area contributed by atoms with Gasteiger partial charge in [-0.05, 0) is 34.8 Å². The molecule has 0 radical (unpaired) electrons. The fourth-order valence-corrected chi connectivity index (χ4v) is 2.70. The summed E-state index contributed by atoms with van der Waals surface area (Å²) in [5.41, 5.74) is 3.57. The van der Waals surface area contributed by atoms with Gasteiger partial charge in [-0.15, -0.1) is 0 Å². The minimum atomic E-state index is 0.404. The van der Waals surface area contributed by atoms with E-state index in [0.717, 1.165) is 11.8 Å². The van der Waals surface area contributed by atoms with Crippen LogP contribution in [0.25, 0.3) is 0 Å². The van der Waals surface area contributed by atoms with Crippen molar-refractivity contribution in [3.05, 3.63) is 35.4 Å². The lowest BCUT2D eigenvalue weighted by atomic mass is 9.77. The van der Waals surface area contributed by atoms with Crippen LogP contribution in [-0.2, 0) is 0 Å². The Hall–Kier alpha value is -0.780. The molecule has 0 bridgehead atoms. The van der Waals surface area contributed by atoms with E-state index in [0.29, 0.717) is 5.41 Å². The van der Waals surface area contributed by atoms with Gasteiger partial charge in [0.1, 0.15) is 0 Å². The molecular weight excluding hydrogens is 192 g/mol. The van der Waals surface area contributed by atoms with Gasteiger partial charge in [-0.3, -0.25) is 0 Å². The number of hydrogen-bond acceptors (Lipinski definition) is 0. The molecule has 16 heavy (non-hydrogen) atoms. The van der Waals surface area contributed by atoms with Crippen LogP contribution in [0, 0.1) is 5.41 Å². The molecule has 0 aromatic heterocycles. The van der Waals surface area contributed by atoms with E-state index in [2.05, 4.69) is 52.0 Å². The highest BCUT2D eigenvalue weighted by atomic mass is 14.4. The lowest BCUT2D eigenvalue weighted by Crippen LogP contribution is -2.15. The molecular formula is C16H26. The van der Waals surface area contributed by atoms with Gasteiger partial charge in [0.2, 0.25) is 0 Å². The van der Waals surface area contributed by atoms with Crippen molar-refractivity contribution in [2.75, 3.05) is 0 Å². The van der Waals surface area contributed by atoms with E-state index in [1.54, 1.807) is 11.1 Å². The van der Waals surface area contributed by atoms with Crippen molar-refractivity contribution < 1.29 is 0 Å². The van der Waals surface area contributed by atoms with E-state index in [9.17, 15) is 0 Å². The summed E-state index contributed by atoms with van der Waals surface area (Å²) < 4.78 is 0. The Morgan fingerprint density at radius 2 is 1.50 bits per heavy atom. The number of hydrogen-bond donors (Lipinski definition) is 0. The average Bonchev–Trinajstić information content (AvgIpc) is 2.60. The molecule has 0 heterocycles. The second-order valence-electron chi connectivity index (χ2n) is 5.68. The number of benzene rings is 1. The maximum Gasteiger partial charge on any atom is -0.0105 e. The molecule has 0 aliphatic heterocycles. The Kier molecular flexibility index (Phi) is 4.18. The molecule has 1 aromatic carbocycles. The molecule has 0 N–H and O–H groups in total. The molecule has 0 saturated heterocycles.